The lowest BCUT2D eigenvalue weighted by Crippen LogP contribution is -2.44. The Bertz CT molecular complexity index is 916. The monoisotopic (exact) mass is 482 g/mol. The van der Waals surface area contributed by atoms with Gasteiger partial charge in [0, 0.05) is 36.0 Å². The quantitative estimate of drug-likeness (QED) is 0.405. The van der Waals surface area contributed by atoms with E-state index in [4.69, 9.17) is 16.3 Å². The van der Waals surface area contributed by atoms with Crippen LogP contribution in [0.5, 0.6) is 5.75 Å². The predicted octanol–water partition coefficient (Wildman–Crippen LogP) is 5.85. The number of ether oxygens (including phenoxy) is 1. The van der Waals surface area contributed by atoms with Gasteiger partial charge >= 0.3 is 5.97 Å². The molecule has 5 nitrogen and oxygen atoms in total. The van der Waals surface area contributed by atoms with Gasteiger partial charge in [0.25, 0.3) is 0 Å². The minimum Gasteiger partial charge on any atom is -0.497 e. The molecule has 0 unspecified atom stereocenters. The van der Waals surface area contributed by atoms with E-state index in [0.29, 0.717) is 35.2 Å². The molecule has 0 aliphatic carbocycles. The summed E-state index contributed by atoms with van der Waals surface area (Å²) in [7, 11) is 1.56. The van der Waals surface area contributed by atoms with Gasteiger partial charge in [0.2, 0.25) is 0 Å². The zero-order valence-electron chi connectivity index (χ0n) is 18.7. The zero-order chi connectivity index (χ0) is 23.1. The van der Waals surface area contributed by atoms with Crippen LogP contribution in [0.25, 0.3) is 10.9 Å². The van der Waals surface area contributed by atoms with Crippen molar-refractivity contribution in [2.75, 3.05) is 38.2 Å². The SMILES string of the molecule is CCCSCCN1CC[C@H](CC[C@H](F)c2c(Cl)cnc3ccc(OC)cc23)[C@H](C(=O)O)C1. The molecule has 1 aliphatic heterocycles. The Hall–Kier alpha value is -1.57. The number of alkyl halides is 1. The third kappa shape index (κ3) is 6.27. The molecule has 0 spiro atoms. The molecule has 8 heteroatoms. The van der Waals surface area contributed by atoms with Gasteiger partial charge in [-0.05, 0) is 62.1 Å². The van der Waals surface area contributed by atoms with E-state index in [1.165, 1.54) is 6.20 Å². The molecule has 1 aromatic heterocycles. The molecule has 0 bridgehead atoms. The second kappa shape index (κ2) is 12.1. The molecule has 0 amide bonds. The predicted molar refractivity (Wildman–Crippen MR) is 130 cm³/mol. The van der Waals surface area contributed by atoms with Gasteiger partial charge in [-0.15, -0.1) is 0 Å². The molecule has 3 atom stereocenters. The third-order valence-corrected chi connectivity index (χ3v) is 7.70. The van der Waals surface area contributed by atoms with Crippen LogP contribution in [0.15, 0.2) is 24.4 Å². The number of methoxy groups -OCH3 is 1. The molecule has 1 N–H and O–H groups in total. The highest BCUT2D eigenvalue weighted by molar-refractivity contribution is 7.99. The van der Waals surface area contributed by atoms with E-state index >= 15 is 4.39 Å². The van der Waals surface area contributed by atoms with E-state index < -0.39 is 18.1 Å². The van der Waals surface area contributed by atoms with Gasteiger partial charge < -0.3 is 14.7 Å². The minimum atomic E-state index is -1.29. The molecule has 2 heterocycles. The number of piperidine rings is 1. The van der Waals surface area contributed by atoms with E-state index in [1.807, 2.05) is 11.8 Å². The number of hydrogen-bond acceptors (Lipinski definition) is 5. The summed E-state index contributed by atoms with van der Waals surface area (Å²) in [6.45, 7) is 4.48. The molecule has 3 rings (SSSR count). The van der Waals surface area contributed by atoms with Crippen molar-refractivity contribution < 1.29 is 19.0 Å². The number of halogens is 2. The van der Waals surface area contributed by atoms with E-state index in [0.717, 1.165) is 37.4 Å². The first-order valence-electron chi connectivity index (χ1n) is 11.2. The first kappa shape index (κ1) is 25.1. The number of likely N-dealkylation sites (tertiary alicyclic amines) is 1. The van der Waals surface area contributed by atoms with Gasteiger partial charge in [0.05, 0.1) is 23.6 Å². The first-order valence-corrected chi connectivity index (χ1v) is 12.8. The first-order chi connectivity index (χ1) is 15.4. The number of benzene rings is 1. The van der Waals surface area contributed by atoms with Gasteiger partial charge in [0.15, 0.2) is 0 Å². The molecule has 1 aromatic carbocycles. The molecule has 2 aromatic rings. The molecule has 32 heavy (non-hydrogen) atoms. The van der Waals surface area contributed by atoms with Crippen molar-refractivity contribution >= 4 is 40.2 Å². The van der Waals surface area contributed by atoms with Gasteiger partial charge in [-0.1, -0.05) is 18.5 Å². The van der Waals surface area contributed by atoms with Crippen molar-refractivity contribution in [3.63, 3.8) is 0 Å². The molecule has 0 radical (unpaired) electrons. The second-order valence-electron chi connectivity index (χ2n) is 8.35. The normalized spacial score (nSPS) is 20.4. The maximum Gasteiger partial charge on any atom is 0.308 e. The summed E-state index contributed by atoms with van der Waals surface area (Å²) >= 11 is 8.25. The van der Waals surface area contributed by atoms with Gasteiger partial charge in [-0.2, -0.15) is 11.8 Å². The van der Waals surface area contributed by atoms with Crippen molar-refractivity contribution in [1.29, 1.82) is 0 Å². The Morgan fingerprint density at radius 1 is 1.44 bits per heavy atom. The molecule has 1 saturated heterocycles. The van der Waals surface area contributed by atoms with Crippen molar-refractivity contribution in [3.05, 3.63) is 35.0 Å². The van der Waals surface area contributed by atoms with Crippen molar-refractivity contribution in [2.45, 2.75) is 38.8 Å². The maximum absolute atomic E-state index is 15.4. The summed E-state index contributed by atoms with van der Waals surface area (Å²) in [5.74, 6) is 1.49. The molecular weight excluding hydrogens is 451 g/mol. The molecular formula is C24H32ClFN2O3S. The van der Waals surface area contributed by atoms with E-state index in [-0.39, 0.29) is 17.4 Å². The number of carboxylic acid groups (broad SMARTS) is 1. The highest BCUT2D eigenvalue weighted by Gasteiger charge is 2.34. The van der Waals surface area contributed by atoms with Crippen molar-refractivity contribution in [1.82, 2.24) is 9.88 Å². The van der Waals surface area contributed by atoms with Crippen LogP contribution in [-0.2, 0) is 4.79 Å². The smallest absolute Gasteiger partial charge is 0.308 e. The van der Waals surface area contributed by atoms with Crippen LogP contribution in [0.3, 0.4) is 0 Å². The Balaban J connectivity index is 1.66. The fourth-order valence-corrected chi connectivity index (χ4v) is 5.60. The maximum atomic E-state index is 15.4. The van der Waals surface area contributed by atoms with Gasteiger partial charge in [0.1, 0.15) is 11.9 Å². The van der Waals surface area contributed by atoms with Crippen molar-refractivity contribution in [2.24, 2.45) is 11.8 Å². The Morgan fingerprint density at radius 3 is 2.97 bits per heavy atom. The van der Waals surface area contributed by atoms with Crippen LogP contribution >= 0.6 is 23.4 Å². The van der Waals surface area contributed by atoms with E-state index in [9.17, 15) is 9.90 Å². The lowest BCUT2D eigenvalue weighted by Gasteiger charge is -2.36. The summed E-state index contributed by atoms with van der Waals surface area (Å²) in [5, 5.41) is 10.7. The number of rotatable bonds is 11. The van der Waals surface area contributed by atoms with Crippen molar-refractivity contribution in [3.8, 4) is 5.75 Å². The highest BCUT2D eigenvalue weighted by Crippen LogP contribution is 2.38. The summed E-state index contributed by atoms with van der Waals surface area (Å²) < 4.78 is 20.7. The van der Waals surface area contributed by atoms with Gasteiger partial charge in [-0.25, -0.2) is 4.39 Å². The third-order valence-electron chi connectivity index (χ3n) is 6.23. The Kier molecular flexibility index (Phi) is 9.44. The lowest BCUT2D eigenvalue weighted by atomic mass is 9.81. The van der Waals surface area contributed by atoms with Crippen LogP contribution in [0.4, 0.5) is 4.39 Å². The average molecular weight is 483 g/mol. The minimum absolute atomic E-state index is 0.0355. The summed E-state index contributed by atoms with van der Waals surface area (Å²) in [4.78, 5) is 18.5. The average Bonchev–Trinajstić information content (AvgIpc) is 2.80. The summed E-state index contributed by atoms with van der Waals surface area (Å²) in [6.07, 6.45) is 2.86. The van der Waals surface area contributed by atoms with Crippen LogP contribution in [0, 0.1) is 11.8 Å². The topological polar surface area (TPSA) is 62.7 Å². The van der Waals surface area contributed by atoms with Crippen LogP contribution in [0.2, 0.25) is 5.02 Å². The molecule has 176 valence electrons. The Morgan fingerprint density at radius 2 is 2.25 bits per heavy atom. The number of carboxylic acids is 1. The number of pyridine rings is 1. The fourth-order valence-electron chi connectivity index (χ4n) is 4.45. The number of fused-ring (bicyclic) bond motifs is 1. The number of aliphatic carboxylic acids is 1. The largest absolute Gasteiger partial charge is 0.497 e. The van der Waals surface area contributed by atoms with E-state index in [1.54, 1.807) is 25.3 Å². The number of nitrogens with zero attached hydrogens (tertiary/aromatic N) is 2. The standard InChI is InChI=1S/C24H32ClFN2O3S/c1-3-11-32-12-10-28-9-8-16(19(15-28)24(29)30)4-6-21(26)23-18-13-17(31-2)5-7-22(18)27-14-20(23)25/h5,7,13-14,16,19,21H,3-4,6,8-12,15H2,1-2H3,(H,29,30)/t16-,19+,21-/m0/s1. The number of aromatic nitrogens is 1. The second-order valence-corrected chi connectivity index (χ2v) is 9.99. The van der Waals surface area contributed by atoms with Crippen LogP contribution in [-0.4, -0.2) is 59.2 Å². The summed E-state index contributed by atoms with van der Waals surface area (Å²) in [5.41, 5.74) is 1.07. The van der Waals surface area contributed by atoms with Crippen LogP contribution in [0.1, 0.15) is 44.3 Å². The fraction of sp³-hybridized carbons (Fsp3) is 0.583. The zero-order valence-corrected chi connectivity index (χ0v) is 20.3. The number of hydrogen-bond donors (Lipinski definition) is 1. The van der Waals surface area contributed by atoms with Crippen LogP contribution < -0.4 is 4.74 Å². The molecule has 1 aliphatic rings. The Labute approximate surface area is 198 Å². The van der Waals surface area contributed by atoms with E-state index in [2.05, 4.69) is 16.8 Å². The number of carbonyl (C=O) groups is 1. The molecule has 1 fully saturated rings. The van der Waals surface area contributed by atoms with Gasteiger partial charge in [-0.3, -0.25) is 9.78 Å². The lowest BCUT2D eigenvalue weighted by molar-refractivity contribution is -0.146. The molecule has 0 saturated carbocycles. The highest BCUT2D eigenvalue weighted by atomic mass is 35.5. The number of thioether (sulfide) groups is 1. The summed E-state index contributed by atoms with van der Waals surface area (Å²) in [6, 6.07) is 5.33.